The summed E-state index contributed by atoms with van der Waals surface area (Å²) in [6.45, 7) is 5.80. The van der Waals surface area contributed by atoms with Gasteiger partial charge in [0.2, 0.25) is 5.91 Å². The highest BCUT2D eigenvalue weighted by atomic mass is 35.5. The first-order chi connectivity index (χ1) is 13.1. The van der Waals surface area contributed by atoms with Crippen LogP contribution in [0, 0.1) is 0 Å². The van der Waals surface area contributed by atoms with Crippen LogP contribution in [0.1, 0.15) is 18.2 Å². The van der Waals surface area contributed by atoms with Crippen LogP contribution in [0.3, 0.4) is 0 Å². The number of anilines is 1. The van der Waals surface area contributed by atoms with Crippen LogP contribution in [-0.2, 0) is 22.5 Å². The van der Waals surface area contributed by atoms with E-state index in [1.807, 2.05) is 35.2 Å². The number of alkyl halides is 1. The van der Waals surface area contributed by atoms with Gasteiger partial charge in [0.15, 0.2) is 5.82 Å². The number of hydrogen-bond donors (Lipinski definition) is 0. The zero-order valence-corrected chi connectivity index (χ0v) is 16.2. The minimum absolute atomic E-state index is 0.0395. The monoisotopic (exact) mass is 386 g/mol. The van der Waals surface area contributed by atoms with E-state index in [1.54, 1.807) is 6.92 Å². The summed E-state index contributed by atoms with van der Waals surface area (Å²) in [5.74, 6) is 1.62. The molecule has 142 valence electrons. The fraction of sp³-hybridized carbons (Fsp3) is 0.450. The largest absolute Gasteiger partial charge is 0.378 e. The number of benzene rings is 1. The Balaban J connectivity index is 1.75. The van der Waals surface area contributed by atoms with Crippen LogP contribution in [-0.4, -0.2) is 59.0 Å². The van der Waals surface area contributed by atoms with Crippen molar-refractivity contribution in [1.82, 2.24) is 14.9 Å². The molecule has 3 heterocycles. The number of aromatic nitrogens is 2. The Bertz CT molecular complexity index is 822. The van der Waals surface area contributed by atoms with Crippen molar-refractivity contribution in [3.63, 3.8) is 0 Å². The molecule has 0 unspecified atom stereocenters. The Hall–Kier alpha value is -2.18. The smallest absolute Gasteiger partial charge is 0.240 e. The molecule has 1 amide bonds. The van der Waals surface area contributed by atoms with E-state index >= 15 is 0 Å². The van der Waals surface area contributed by atoms with Crippen LogP contribution in [0.25, 0.3) is 11.4 Å². The molecule has 1 aromatic carbocycles. The summed E-state index contributed by atoms with van der Waals surface area (Å²) < 4.78 is 5.50. The van der Waals surface area contributed by atoms with E-state index in [0.29, 0.717) is 32.7 Å². The second-order valence-corrected chi connectivity index (χ2v) is 7.54. The summed E-state index contributed by atoms with van der Waals surface area (Å²) in [5, 5.41) is -0.525. The van der Waals surface area contributed by atoms with Crippen molar-refractivity contribution in [1.29, 1.82) is 0 Å². The Kier molecular flexibility index (Phi) is 5.27. The molecule has 0 radical (unpaired) electrons. The Labute approximate surface area is 164 Å². The van der Waals surface area contributed by atoms with Crippen molar-refractivity contribution in [2.45, 2.75) is 25.3 Å². The molecule has 1 fully saturated rings. The van der Waals surface area contributed by atoms with Gasteiger partial charge in [0, 0.05) is 37.2 Å². The maximum absolute atomic E-state index is 12.4. The number of ether oxygens (including phenoxy) is 1. The molecule has 0 bridgehead atoms. The van der Waals surface area contributed by atoms with Gasteiger partial charge in [-0.25, -0.2) is 9.97 Å². The Morgan fingerprint density at radius 3 is 2.59 bits per heavy atom. The van der Waals surface area contributed by atoms with E-state index in [-0.39, 0.29) is 5.91 Å². The van der Waals surface area contributed by atoms with Gasteiger partial charge in [-0.2, -0.15) is 0 Å². The molecule has 0 aliphatic carbocycles. The van der Waals surface area contributed by atoms with Crippen LogP contribution >= 0.6 is 11.6 Å². The highest BCUT2D eigenvalue weighted by Crippen LogP contribution is 2.30. The van der Waals surface area contributed by atoms with E-state index in [2.05, 4.69) is 4.90 Å². The van der Waals surface area contributed by atoms with E-state index in [9.17, 15) is 4.79 Å². The van der Waals surface area contributed by atoms with Crippen LogP contribution in [0.15, 0.2) is 30.3 Å². The normalized spacial score (nSPS) is 18.1. The molecule has 2 aromatic rings. The van der Waals surface area contributed by atoms with Gasteiger partial charge in [0.1, 0.15) is 11.2 Å². The molecule has 2 aliphatic rings. The standard InChI is InChI=1S/C20H23ClN4O2/c1-14(21)20(26)25-8-7-17-16(13-25)19(24-9-11-27-12-10-24)23-18(22-17)15-5-3-2-4-6-15/h2-6,14H,7-13H2,1H3/t14-/m0/s1. The van der Waals surface area contributed by atoms with Gasteiger partial charge in [-0.05, 0) is 6.92 Å². The number of amides is 1. The highest BCUT2D eigenvalue weighted by Gasteiger charge is 2.29. The Morgan fingerprint density at radius 2 is 1.89 bits per heavy atom. The SMILES string of the molecule is C[C@H](Cl)C(=O)N1CCc2nc(-c3ccccc3)nc(N3CCOCC3)c2C1. The van der Waals surface area contributed by atoms with Crippen molar-refractivity contribution in [2.75, 3.05) is 37.7 Å². The molecule has 27 heavy (non-hydrogen) atoms. The number of halogens is 1. The molecule has 0 spiro atoms. The maximum Gasteiger partial charge on any atom is 0.240 e. The molecule has 0 saturated carbocycles. The lowest BCUT2D eigenvalue weighted by atomic mass is 10.0. The van der Waals surface area contributed by atoms with E-state index in [1.165, 1.54) is 0 Å². The lowest BCUT2D eigenvalue weighted by Crippen LogP contribution is -2.42. The Morgan fingerprint density at radius 1 is 1.15 bits per heavy atom. The zero-order chi connectivity index (χ0) is 18.8. The van der Waals surface area contributed by atoms with Gasteiger partial charge >= 0.3 is 0 Å². The molecule has 1 atom stereocenters. The average molecular weight is 387 g/mol. The number of fused-ring (bicyclic) bond motifs is 1. The summed E-state index contributed by atoms with van der Waals surface area (Å²) in [6.07, 6.45) is 0.713. The minimum Gasteiger partial charge on any atom is -0.378 e. The predicted molar refractivity (Wildman–Crippen MR) is 105 cm³/mol. The summed E-state index contributed by atoms with van der Waals surface area (Å²) in [6, 6.07) is 10.0. The first-order valence-electron chi connectivity index (χ1n) is 9.34. The van der Waals surface area contributed by atoms with Crippen LogP contribution in [0.2, 0.25) is 0 Å². The van der Waals surface area contributed by atoms with Crippen LogP contribution in [0.4, 0.5) is 5.82 Å². The third-order valence-corrected chi connectivity index (χ3v) is 5.22. The van der Waals surface area contributed by atoms with Crippen molar-refractivity contribution < 1.29 is 9.53 Å². The lowest BCUT2D eigenvalue weighted by molar-refractivity contribution is -0.131. The molecule has 1 saturated heterocycles. The summed E-state index contributed by atoms with van der Waals surface area (Å²) in [5.41, 5.74) is 3.06. The molecule has 0 N–H and O–H groups in total. The van der Waals surface area contributed by atoms with Gasteiger partial charge in [-0.1, -0.05) is 30.3 Å². The number of carbonyl (C=O) groups excluding carboxylic acids is 1. The zero-order valence-electron chi connectivity index (χ0n) is 15.4. The fourth-order valence-corrected chi connectivity index (χ4v) is 3.73. The molecule has 7 heteroatoms. The average Bonchev–Trinajstić information content (AvgIpc) is 2.73. The third-order valence-electron chi connectivity index (χ3n) is 5.03. The topological polar surface area (TPSA) is 58.6 Å². The molecule has 1 aromatic heterocycles. The second kappa shape index (κ2) is 7.82. The second-order valence-electron chi connectivity index (χ2n) is 6.89. The van der Waals surface area contributed by atoms with Gasteiger partial charge in [0.25, 0.3) is 0 Å². The van der Waals surface area contributed by atoms with Gasteiger partial charge < -0.3 is 14.5 Å². The van der Waals surface area contributed by atoms with Crippen molar-refractivity contribution in [3.05, 3.63) is 41.6 Å². The lowest BCUT2D eigenvalue weighted by Gasteiger charge is -2.35. The van der Waals surface area contributed by atoms with E-state index < -0.39 is 5.38 Å². The maximum atomic E-state index is 12.4. The van der Waals surface area contributed by atoms with Crippen molar-refractivity contribution in [2.24, 2.45) is 0 Å². The summed E-state index contributed by atoms with van der Waals surface area (Å²) in [4.78, 5) is 26.2. The molecule has 2 aliphatic heterocycles. The first kappa shape index (κ1) is 18.2. The number of morpholine rings is 1. The van der Waals surface area contributed by atoms with Crippen molar-refractivity contribution >= 4 is 23.3 Å². The molecular weight excluding hydrogens is 364 g/mol. The first-order valence-corrected chi connectivity index (χ1v) is 9.78. The third kappa shape index (κ3) is 3.77. The number of carbonyl (C=O) groups is 1. The van der Waals surface area contributed by atoms with E-state index in [0.717, 1.165) is 41.6 Å². The molecule has 4 rings (SSSR count). The fourth-order valence-electron chi connectivity index (χ4n) is 3.59. The number of nitrogens with zero attached hydrogens (tertiary/aromatic N) is 4. The van der Waals surface area contributed by atoms with Crippen LogP contribution in [0.5, 0.6) is 0 Å². The predicted octanol–water partition coefficient (Wildman–Crippen LogP) is 2.49. The minimum atomic E-state index is -0.525. The molecular formula is C20H23ClN4O2. The van der Waals surface area contributed by atoms with Gasteiger partial charge in [-0.3, -0.25) is 4.79 Å². The quantitative estimate of drug-likeness (QED) is 0.758. The molecule has 6 nitrogen and oxygen atoms in total. The highest BCUT2D eigenvalue weighted by molar-refractivity contribution is 6.30. The van der Waals surface area contributed by atoms with Gasteiger partial charge in [-0.15, -0.1) is 11.6 Å². The van der Waals surface area contributed by atoms with Crippen molar-refractivity contribution in [3.8, 4) is 11.4 Å². The van der Waals surface area contributed by atoms with Crippen LogP contribution < -0.4 is 4.90 Å². The summed E-state index contributed by atoms with van der Waals surface area (Å²) >= 11 is 6.03. The number of rotatable bonds is 3. The number of hydrogen-bond acceptors (Lipinski definition) is 5. The summed E-state index contributed by atoms with van der Waals surface area (Å²) in [7, 11) is 0. The van der Waals surface area contributed by atoms with E-state index in [4.69, 9.17) is 26.3 Å². The van der Waals surface area contributed by atoms with Gasteiger partial charge in [0.05, 0.1) is 25.5 Å².